The quantitative estimate of drug-likeness (QED) is 0.150. The molecule has 3 saturated heterocycles. The molecular formula is C48H71NO17. The van der Waals surface area contributed by atoms with E-state index < -0.39 is 131 Å². The van der Waals surface area contributed by atoms with Gasteiger partial charge in [0.1, 0.15) is 53.4 Å². The number of nitrogens with zero attached hydrogens (tertiary/aromatic N) is 1. The highest BCUT2D eigenvalue weighted by Gasteiger charge is 2.81. The van der Waals surface area contributed by atoms with Crippen molar-refractivity contribution < 1.29 is 82.5 Å². The van der Waals surface area contributed by atoms with Gasteiger partial charge in [-0.05, 0) is 97.1 Å². The SMILES string of the molecule is COC1CC(OC2CCC3(C)C(=CCC4(O)C3CC(OC(=O)c3cccnc3)C3(C)C(O)(C(C)=O)CCC43O)C2)OC(C)C1OC1CC(OC)C(OC2OC(C)C(O)C(OC)C2O)C(C)O1. The van der Waals surface area contributed by atoms with Crippen molar-refractivity contribution in [3.05, 3.63) is 41.7 Å². The van der Waals surface area contributed by atoms with Crippen LogP contribution in [0.3, 0.4) is 0 Å². The summed E-state index contributed by atoms with van der Waals surface area (Å²) in [5.74, 6) is -1.84. The Balaban J connectivity index is 0.925. The van der Waals surface area contributed by atoms with Gasteiger partial charge in [-0.15, -0.1) is 0 Å². The number of esters is 1. The first-order valence-electron chi connectivity index (χ1n) is 23.6. The molecule has 5 N–H and O–H groups in total. The number of aliphatic hydroxyl groups excluding tert-OH is 2. The van der Waals surface area contributed by atoms with E-state index in [0.29, 0.717) is 32.1 Å². The molecule has 1 aromatic rings. The molecule has 1 aromatic heterocycles. The average Bonchev–Trinajstić information content (AvgIpc) is 3.52. The molecule has 0 radical (unpaired) electrons. The third-order valence-corrected chi connectivity index (χ3v) is 17.1. The topological polar surface area (TPSA) is 240 Å². The van der Waals surface area contributed by atoms with Gasteiger partial charge >= 0.3 is 5.97 Å². The molecule has 18 heteroatoms. The number of hydrogen-bond acceptors (Lipinski definition) is 18. The highest BCUT2D eigenvalue weighted by atomic mass is 16.8. The predicted octanol–water partition coefficient (Wildman–Crippen LogP) is 2.67. The number of ether oxygens (including phenoxy) is 10. The lowest BCUT2D eigenvalue weighted by atomic mass is 9.42. The Hall–Kier alpha value is -2.53. The highest BCUT2D eigenvalue weighted by Crippen LogP contribution is 2.71. The molecular weight excluding hydrogens is 863 g/mol. The predicted molar refractivity (Wildman–Crippen MR) is 230 cm³/mol. The Morgan fingerprint density at radius 1 is 0.788 bits per heavy atom. The minimum atomic E-state index is -2.05. The first kappa shape index (κ1) is 49.9. The number of fused-ring (bicyclic) bond motifs is 5. The summed E-state index contributed by atoms with van der Waals surface area (Å²) in [6.07, 6.45) is -3.33. The maximum absolute atomic E-state index is 13.6. The first-order valence-corrected chi connectivity index (χ1v) is 23.6. The minimum absolute atomic E-state index is 0.0583. The second-order valence-electron chi connectivity index (χ2n) is 20.3. The van der Waals surface area contributed by atoms with E-state index in [1.807, 2.05) is 19.9 Å². The number of pyridine rings is 1. The number of methoxy groups -OCH3 is 3. The van der Waals surface area contributed by atoms with Gasteiger partial charge in [0.25, 0.3) is 0 Å². The normalized spacial score (nSPS) is 49.2. The highest BCUT2D eigenvalue weighted by molar-refractivity contribution is 5.90. The van der Waals surface area contributed by atoms with E-state index in [9.17, 15) is 35.1 Å². The standard InChI is InChI=1S/C48H71NO17/c1-24-37(51)41(59-9)38(52)43(62-24)66-40-26(3)61-36(21-32(40)58-8)65-39-25(2)60-35(20-31(39)57-7)63-30-13-14-44(5)29(19-30)12-15-47(55)33(44)22-34(64-42(53)28-11-10-18-49-23-28)45(6)46(54,27(4)50)16-17-48(45,47)56/h10-12,18,23-26,30-41,43,51-52,54-56H,13-17,19-22H2,1-9H3. The third-order valence-electron chi connectivity index (χ3n) is 17.1. The summed E-state index contributed by atoms with van der Waals surface area (Å²) < 4.78 is 61.5. The van der Waals surface area contributed by atoms with Crippen molar-refractivity contribution in [2.45, 2.75) is 208 Å². The average molecular weight is 934 g/mol. The summed E-state index contributed by atoms with van der Waals surface area (Å²) in [5, 5.41) is 59.2. The number of aliphatic hydroxyl groups is 5. The fourth-order valence-corrected chi connectivity index (χ4v) is 13.1. The largest absolute Gasteiger partial charge is 0.458 e. The molecule has 0 bridgehead atoms. The van der Waals surface area contributed by atoms with E-state index in [1.165, 1.54) is 26.4 Å². The van der Waals surface area contributed by atoms with Crippen LogP contribution < -0.4 is 0 Å². The molecule has 4 aliphatic carbocycles. The van der Waals surface area contributed by atoms with Crippen molar-refractivity contribution in [2.75, 3.05) is 21.3 Å². The zero-order valence-electron chi connectivity index (χ0n) is 39.6. The number of carbonyl (C=O) groups excluding carboxylic acids is 2. The molecule has 3 saturated carbocycles. The van der Waals surface area contributed by atoms with Crippen LogP contribution in [-0.4, -0.2) is 173 Å². The van der Waals surface area contributed by atoms with Gasteiger partial charge in [0.15, 0.2) is 24.7 Å². The van der Waals surface area contributed by atoms with Crippen molar-refractivity contribution >= 4 is 11.8 Å². The molecule has 66 heavy (non-hydrogen) atoms. The maximum atomic E-state index is 13.6. The number of aromatic nitrogens is 1. The Morgan fingerprint density at radius 3 is 2.05 bits per heavy atom. The summed E-state index contributed by atoms with van der Waals surface area (Å²) in [4.78, 5) is 31.0. The van der Waals surface area contributed by atoms with Gasteiger partial charge in [-0.3, -0.25) is 9.78 Å². The van der Waals surface area contributed by atoms with E-state index in [1.54, 1.807) is 40.2 Å². The van der Waals surface area contributed by atoms with Crippen LogP contribution in [0.4, 0.5) is 0 Å². The fraction of sp³-hybridized carbons (Fsp3) is 0.812. The van der Waals surface area contributed by atoms with Crippen molar-refractivity contribution in [2.24, 2.45) is 16.7 Å². The van der Waals surface area contributed by atoms with Gasteiger partial charge in [-0.25, -0.2) is 4.79 Å². The van der Waals surface area contributed by atoms with Crippen LogP contribution in [0, 0.1) is 16.7 Å². The summed E-state index contributed by atoms with van der Waals surface area (Å²) in [5.41, 5.74) is -6.89. The lowest BCUT2D eigenvalue weighted by Crippen LogP contribution is -2.78. The summed E-state index contributed by atoms with van der Waals surface area (Å²) in [6, 6.07) is 3.18. The lowest BCUT2D eigenvalue weighted by molar-refractivity contribution is -0.352. The number of ketones is 1. The summed E-state index contributed by atoms with van der Waals surface area (Å²) in [7, 11) is 4.60. The number of hydrogen-bond donors (Lipinski definition) is 5. The minimum Gasteiger partial charge on any atom is -0.458 e. The Bertz CT molecular complexity index is 1940. The van der Waals surface area contributed by atoms with Crippen molar-refractivity contribution in [1.82, 2.24) is 4.98 Å². The second kappa shape index (κ2) is 18.7. The van der Waals surface area contributed by atoms with E-state index in [2.05, 4.69) is 11.9 Å². The van der Waals surface area contributed by atoms with Crippen LogP contribution in [0.15, 0.2) is 36.2 Å². The Kier molecular flexibility index (Phi) is 14.1. The number of carbonyl (C=O) groups is 2. The molecule has 0 aromatic carbocycles. The van der Waals surface area contributed by atoms with Gasteiger partial charge in [-0.1, -0.05) is 18.6 Å². The zero-order valence-corrected chi connectivity index (χ0v) is 39.6. The van der Waals surface area contributed by atoms with E-state index in [0.717, 1.165) is 5.57 Å². The van der Waals surface area contributed by atoms with Gasteiger partial charge in [-0.2, -0.15) is 0 Å². The lowest BCUT2D eigenvalue weighted by Gasteiger charge is -2.67. The van der Waals surface area contributed by atoms with Gasteiger partial charge in [0.2, 0.25) is 0 Å². The van der Waals surface area contributed by atoms with Crippen molar-refractivity contribution in [1.29, 1.82) is 0 Å². The van der Waals surface area contributed by atoms with E-state index >= 15 is 0 Å². The molecule has 3 aliphatic heterocycles. The van der Waals surface area contributed by atoms with E-state index in [4.69, 9.17) is 47.4 Å². The van der Waals surface area contributed by atoms with Crippen LogP contribution in [0.25, 0.3) is 0 Å². The molecule has 370 valence electrons. The molecule has 0 amide bonds. The molecule has 21 unspecified atom stereocenters. The summed E-state index contributed by atoms with van der Waals surface area (Å²) in [6.45, 7) is 10.3. The van der Waals surface area contributed by atoms with Crippen LogP contribution in [0.5, 0.6) is 0 Å². The number of Topliss-reactive ketones (excluding diaryl/α,β-unsaturated/α-hetero) is 1. The zero-order chi connectivity index (χ0) is 47.7. The number of rotatable bonds is 12. The Morgan fingerprint density at radius 2 is 1.44 bits per heavy atom. The van der Waals surface area contributed by atoms with Crippen LogP contribution in [0.1, 0.15) is 110 Å². The van der Waals surface area contributed by atoms with Gasteiger partial charge in [0.05, 0.1) is 47.6 Å². The fourth-order valence-electron chi connectivity index (χ4n) is 13.1. The smallest absolute Gasteiger partial charge is 0.339 e. The Labute approximate surface area is 386 Å². The molecule has 7 aliphatic rings. The van der Waals surface area contributed by atoms with Crippen LogP contribution >= 0.6 is 0 Å². The van der Waals surface area contributed by atoms with Gasteiger partial charge in [0, 0.05) is 52.5 Å². The van der Waals surface area contributed by atoms with E-state index in [-0.39, 0.29) is 37.4 Å². The molecule has 21 atom stereocenters. The van der Waals surface area contributed by atoms with Crippen LogP contribution in [0.2, 0.25) is 0 Å². The van der Waals surface area contributed by atoms with Crippen molar-refractivity contribution in [3.63, 3.8) is 0 Å². The monoisotopic (exact) mass is 933 g/mol. The molecule has 4 heterocycles. The molecule has 0 spiro atoms. The second-order valence-corrected chi connectivity index (χ2v) is 20.3. The maximum Gasteiger partial charge on any atom is 0.339 e. The van der Waals surface area contributed by atoms with Crippen molar-refractivity contribution in [3.8, 4) is 0 Å². The molecule has 18 nitrogen and oxygen atoms in total. The first-order chi connectivity index (χ1) is 31.2. The van der Waals surface area contributed by atoms with Crippen LogP contribution in [-0.2, 0) is 52.2 Å². The summed E-state index contributed by atoms with van der Waals surface area (Å²) >= 11 is 0. The van der Waals surface area contributed by atoms with Gasteiger partial charge < -0.3 is 72.9 Å². The third kappa shape index (κ3) is 8.01. The molecule has 8 rings (SSSR count). The molecule has 6 fully saturated rings.